The van der Waals surface area contributed by atoms with Crippen molar-refractivity contribution >= 4 is 40.9 Å². The third-order valence-corrected chi connectivity index (χ3v) is 3.78. The van der Waals surface area contributed by atoms with Gasteiger partial charge in [0.05, 0.1) is 24.4 Å². The molecule has 0 unspecified atom stereocenters. The van der Waals surface area contributed by atoms with E-state index in [2.05, 4.69) is 10.1 Å². The summed E-state index contributed by atoms with van der Waals surface area (Å²) >= 11 is 7.12. The second-order valence-electron chi connectivity index (χ2n) is 4.18. The molecule has 7 nitrogen and oxygen atoms in total. The molecular weight excluding hydrogens is 320 g/mol. The number of amides is 2. The highest BCUT2D eigenvalue weighted by molar-refractivity contribution is 7.16. The molecule has 0 aromatic carbocycles. The van der Waals surface area contributed by atoms with Crippen LogP contribution in [0.1, 0.15) is 11.3 Å². The number of hydrogen-bond acceptors (Lipinski definition) is 5. The van der Waals surface area contributed by atoms with Crippen molar-refractivity contribution in [3.63, 3.8) is 0 Å². The van der Waals surface area contributed by atoms with Gasteiger partial charge in [-0.3, -0.25) is 4.79 Å². The lowest BCUT2D eigenvalue weighted by molar-refractivity contribution is -0.147. The molecule has 0 aliphatic carbocycles. The van der Waals surface area contributed by atoms with Gasteiger partial charge in [0.25, 0.3) is 0 Å². The number of carbonyl (C=O) groups excluding carboxylic acids is 2. The van der Waals surface area contributed by atoms with E-state index in [9.17, 15) is 14.4 Å². The number of nitrogens with zero attached hydrogens (tertiary/aromatic N) is 1. The first-order valence-electron chi connectivity index (χ1n) is 5.89. The minimum absolute atomic E-state index is 0.285. The van der Waals surface area contributed by atoms with E-state index in [4.69, 9.17) is 16.7 Å². The molecule has 1 heterocycles. The average Bonchev–Trinajstić information content (AvgIpc) is 2.82. The van der Waals surface area contributed by atoms with Crippen molar-refractivity contribution in [2.45, 2.75) is 19.0 Å². The van der Waals surface area contributed by atoms with E-state index in [1.54, 1.807) is 12.1 Å². The molecule has 0 saturated carbocycles. The second-order valence-corrected chi connectivity index (χ2v) is 5.98. The Morgan fingerprint density at radius 1 is 1.48 bits per heavy atom. The molecule has 1 rings (SSSR count). The van der Waals surface area contributed by atoms with Gasteiger partial charge in [-0.25, -0.2) is 9.59 Å². The molecule has 0 bridgehead atoms. The van der Waals surface area contributed by atoms with Crippen molar-refractivity contribution in [2.75, 3.05) is 14.2 Å². The monoisotopic (exact) mass is 334 g/mol. The van der Waals surface area contributed by atoms with Crippen LogP contribution >= 0.6 is 22.9 Å². The number of carboxylic acid groups (broad SMARTS) is 1. The first kappa shape index (κ1) is 17.3. The fourth-order valence-electron chi connectivity index (χ4n) is 1.45. The van der Waals surface area contributed by atoms with Crippen LogP contribution in [0.15, 0.2) is 12.1 Å². The Morgan fingerprint density at radius 2 is 2.14 bits per heavy atom. The number of esters is 1. The van der Waals surface area contributed by atoms with Crippen LogP contribution in [0.3, 0.4) is 0 Å². The Kier molecular flexibility index (Phi) is 6.44. The fraction of sp³-hybridized carbons (Fsp3) is 0.417. The molecule has 116 valence electrons. The number of ether oxygens (including phenoxy) is 1. The summed E-state index contributed by atoms with van der Waals surface area (Å²) in [6.45, 7) is 0.285. The average molecular weight is 335 g/mol. The van der Waals surface area contributed by atoms with E-state index in [1.807, 2.05) is 0 Å². The normalized spacial score (nSPS) is 11.6. The van der Waals surface area contributed by atoms with Crippen molar-refractivity contribution in [3.05, 3.63) is 21.3 Å². The Morgan fingerprint density at radius 3 is 2.62 bits per heavy atom. The van der Waals surface area contributed by atoms with Crippen LogP contribution in [0.25, 0.3) is 0 Å². The van der Waals surface area contributed by atoms with Crippen LogP contribution in [0, 0.1) is 0 Å². The van der Waals surface area contributed by atoms with Gasteiger partial charge < -0.3 is 20.1 Å². The zero-order valence-electron chi connectivity index (χ0n) is 11.5. The number of carboxylic acids is 1. The summed E-state index contributed by atoms with van der Waals surface area (Å²) in [6.07, 6.45) is -0.434. The van der Waals surface area contributed by atoms with Gasteiger partial charge in [-0.05, 0) is 12.1 Å². The number of halogens is 1. The summed E-state index contributed by atoms with van der Waals surface area (Å²) in [5.41, 5.74) is 0. The Labute approximate surface area is 130 Å². The molecule has 0 saturated heterocycles. The lowest BCUT2D eigenvalue weighted by Gasteiger charge is -2.20. The molecule has 0 fully saturated rings. The topological polar surface area (TPSA) is 95.9 Å². The maximum absolute atomic E-state index is 11.9. The van der Waals surface area contributed by atoms with Crippen LogP contribution in [0.4, 0.5) is 4.79 Å². The maximum Gasteiger partial charge on any atom is 0.326 e. The molecule has 0 aliphatic rings. The lowest BCUT2D eigenvalue weighted by Crippen LogP contribution is -2.47. The van der Waals surface area contributed by atoms with Crippen molar-refractivity contribution in [1.82, 2.24) is 10.2 Å². The van der Waals surface area contributed by atoms with Crippen LogP contribution in [-0.4, -0.2) is 48.2 Å². The van der Waals surface area contributed by atoms with Gasteiger partial charge in [0.2, 0.25) is 0 Å². The molecule has 1 aromatic rings. The summed E-state index contributed by atoms with van der Waals surface area (Å²) in [5, 5.41) is 11.3. The summed E-state index contributed by atoms with van der Waals surface area (Å²) in [7, 11) is 2.66. The SMILES string of the molecule is COC(=O)C[C@H](NC(=O)N(C)Cc1ccc(Cl)s1)C(=O)O. The highest BCUT2D eigenvalue weighted by Crippen LogP contribution is 2.22. The second kappa shape index (κ2) is 7.84. The van der Waals surface area contributed by atoms with Gasteiger partial charge in [0, 0.05) is 11.9 Å². The molecule has 0 radical (unpaired) electrons. The Bertz CT molecular complexity index is 533. The molecule has 9 heteroatoms. The summed E-state index contributed by atoms with van der Waals surface area (Å²) in [4.78, 5) is 36.2. The first-order chi connectivity index (χ1) is 9.83. The third-order valence-electron chi connectivity index (χ3n) is 2.56. The van der Waals surface area contributed by atoms with Crippen LogP contribution in [0.2, 0.25) is 4.34 Å². The van der Waals surface area contributed by atoms with Crippen molar-refractivity contribution in [1.29, 1.82) is 0 Å². The summed E-state index contributed by atoms with van der Waals surface area (Å²) in [5.74, 6) is -2.02. The summed E-state index contributed by atoms with van der Waals surface area (Å²) < 4.78 is 5.00. The largest absolute Gasteiger partial charge is 0.480 e. The van der Waals surface area contributed by atoms with E-state index < -0.39 is 30.4 Å². The molecule has 2 N–H and O–H groups in total. The van der Waals surface area contributed by atoms with Crippen LogP contribution in [0.5, 0.6) is 0 Å². The number of methoxy groups -OCH3 is 1. The van der Waals surface area contributed by atoms with Gasteiger partial charge in [-0.2, -0.15) is 0 Å². The quantitative estimate of drug-likeness (QED) is 0.770. The number of carbonyl (C=O) groups is 3. The molecular formula is C12H15ClN2O5S. The van der Waals surface area contributed by atoms with Gasteiger partial charge in [-0.1, -0.05) is 11.6 Å². The van der Waals surface area contributed by atoms with Crippen LogP contribution < -0.4 is 5.32 Å². The molecule has 1 aromatic heterocycles. The first-order valence-corrected chi connectivity index (χ1v) is 7.08. The zero-order valence-corrected chi connectivity index (χ0v) is 13.0. The molecule has 21 heavy (non-hydrogen) atoms. The van der Waals surface area contributed by atoms with Gasteiger partial charge in [-0.15, -0.1) is 11.3 Å². The van der Waals surface area contributed by atoms with Gasteiger partial charge >= 0.3 is 18.0 Å². The predicted molar refractivity (Wildman–Crippen MR) is 77.4 cm³/mol. The maximum atomic E-state index is 11.9. The summed E-state index contributed by atoms with van der Waals surface area (Å²) in [6, 6.07) is 1.56. The minimum Gasteiger partial charge on any atom is -0.480 e. The molecule has 1 atom stereocenters. The van der Waals surface area contributed by atoms with E-state index in [0.717, 1.165) is 12.0 Å². The number of rotatable bonds is 6. The highest BCUT2D eigenvalue weighted by atomic mass is 35.5. The minimum atomic E-state index is -1.33. The number of hydrogen-bond donors (Lipinski definition) is 2. The Hall–Kier alpha value is -1.80. The number of thiophene rings is 1. The van der Waals surface area contributed by atoms with Crippen molar-refractivity contribution in [2.24, 2.45) is 0 Å². The zero-order chi connectivity index (χ0) is 16.0. The molecule has 2 amide bonds. The van der Waals surface area contributed by atoms with E-state index in [0.29, 0.717) is 4.34 Å². The van der Waals surface area contributed by atoms with Gasteiger partial charge in [0.15, 0.2) is 0 Å². The fourth-order valence-corrected chi connectivity index (χ4v) is 2.59. The van der Waals surface area contributed by atoms with Crippen molar-refractivity contribution in [3.8, 4) is 0 Å². The molecule has 0 aliphatic heterocycles. The predicted octanol–water partition coefficient (Wildman–Crippen LogP) is 1.56. The van der Waals surface area contributed by atoms with E-state index in [-0.39, 0.29) is 6.54 Å². The number of urea groups is 1. The molecule has 0 spiro atoms. The van der Waals surface area contributed by atoms with Crippen molar-refractivity contribution < 1.29 is 24.2 Å². The van der Waals surface area contributed by atoms with Gasteiger partial charge in [0.1, 0.15) is 6.04 Å². The highest BCUT2D eigenvalue weighted by Gasteiger charge is 2.25. The smallest absolute Gasteiger partial charge is 0.326 e. The Balaban J connectivity index is 2.59. The van der Waals surface area contributed by atoms with Crippen LogP contribution in [-0.2, 0) is 20.9 Å². The lowest BCUT2D eigenvalue weighted by atomic mass is 10.2. The van der Waals surface area contributed by atoms with E-state index >= 15 is 0 Å². The number of aliphatic carboxylic acids is 1. The third kappa shape index (κ3) is 5.60. The standard InChI is InChI=1S/C12H15ClN2O5S/c1-15(6-7-3-4-9(13)21-7)12(19)14-8(11(17)18)5-10(16)20-2/h3-4,8H,5-6H2,1-2H3,(H,14,19)(H,17,18)/t8-/m0/s1. The van der Waals surface area contributed by atoms with E-state index in [1.165, 1.54) is 23.3 Å². The number of nitrogens with one attached hydrogen (secondary N) is 1.